The summed E-state index contributed by atoms with van der Waals surface area (Å²) in [6.45, 7) is 14.9. The highest BCUT2D eigenvalue weighted by Crippen LogP contribution is 2.13. The van der Waals surface area contributed by atoms with Crippen LogP contribution in [0.25, 0.3) is 0 Å². The summed E-state index contributed by atoms with van der Waals surface area (Å²) in [5.41, 5.74) is 0.918. The number of methoxy groups -OCH3 is 1. The van der Waals surface area contributed by atoms with Crippen LogP contribution in [-0.4, -0.2) is 51.5 Å². The molecule has 4 nitrogen and oxygen atoms in total. The Kier molecular flexibility index (Phi) is 7.30. The molecular weight excluding hydrogens is 242 g/mol. The summed E-state index contributed by atoms with van der Waals surface area (Å²) in [6, 6.07) is 0. The molecule has 0 N–H and O–H groups in total. The lowest BCUT2D eigenvalue weighted by atomic mass is 10.3. The van der Waals surface area contributed by atoms with E-state index in [0.29, 0.717) is 18.1 Å². The molecule has 0 amide bonds. The Hall–Kier alpha value is -1.26. The van der Waals surface area contributed by atoms with Crippen molar-refractivity contribution in [1.82, 2.24) is 4.90 Å². The highest BCUT2D eigenvalue weighted by atomic mass is 16.5. The Morgan fingerprint density at radius 3 is 2.58 bits per heavy atom. The van der Waals surface area contributed by atoms with Gasteiger partial charge >= 0.3 is 0 Å². The molecule has 0 atom stereocenters. The molecule has 1 heterocycles. The molecule has 1 rings (SSSR count). The highest BCUT2D eigenvalue weighted by molar-refractivity contribution is 5.25. The van der Waals surface area contributed by atoms with Gasteiger partial charge in [-0.15, -0.1) is 0 Å². The molecule has 0 aliphatic carbocycles. The van der Waals surface area contributed by atoms with Crippen molar-refractivity contribution >= 4 is 0 Å². The number of morpholine rings is 1. The second-order valence-electron chi connectivity index (χ2n) is 4.64. The molecule has 0 aromatic heterocycles. The summed E-state index contributed by atoms with van der Waals surface area (Å²) in [4.78, 5) is 2.39. The van der Waals surface area contributed by atoms with E-state index in [1.54, 1.807) is 7.11 Å². The molecule has 1 aliphatic heterocycles. The highest BCUT2D eigenvalue weighted by Gasteiger charge is 2.10. The third-order valence-corrected chi connectivity index (χ3v) is 2.88. The molecule has 0 bridgehead atoms. The Bertz CT molecular complexity index is 330. The summed E-state index contributed by atoms with van der Waals surface area (Å²) in [5.74, 6) is 1.20. The van der Waals surface area contributed by atoms with Crippen molar-refractivity contribution in [2.45, 2.75) is 13.3 Å². The summed E-state index contributed by atoms with van der Waals surface area (Å²) in [5, 5.41) is 0. The van der Waals surface area contributed by atoms with Gasteiger partial charge in [-0.05, 0) is 19.4 Å². The Labute approximate surface area is 116 Å². The predicted molar refractivity (Wildman–Crippen MR) is 76.9 cm³/mol. The standard InChI is InChI=1S/C15H25NO3/c1-13(2)12-15(14(3)17-4)19-9-5-6-16-7-10-18-11-8-16/h12H,1,3,5-11H2,2,4H3/b15-12+. The normalized spacial score (nSPS) is 17.1. The molecule has 4 heteroatoms. The van der Waals surface area contributed by atoms with Gasteiger partial charge < -0.3 is 14.2 Å². The maximum absolute atomic E-state index is 5.71. The van der Waals surface area contributed by atoms with Crippen molar-refractivity contribution in [3.63, 3.8) is 0 Å². The van der Waals surface area contributed by atoms with E-state index in [4.69, 9.17) is 14.2 Å². The number of allylic oxidation sites excluding steroid dienone is 2. The Balaban J connectivity index is 2.28. The molecule has 108 valence electrons. The monoisotopic (exact) mass is 267 g/mol. The van der Waals surface area contributed by atoms with Gasteiger partial charge in [-0.3, -0.25) is 4.90 Å². The molecule has 0 aromatic carbocycles. The first-order chi connectivity index (χ1) is 9.13. The zero-order chi connectivity index (χ0) is 14.1. The molecule has 19 heavy (non-hydrogen) atoms. The molecule has 0 aromatic rings. The second-order valence-corrected chi connectivity index (χ2v) is 4.64. The fraction of sp³-hybridized carbons (Fsp3) is 0.600. The van der Waals surface area contributed by atoms with E-state index in [2.05, 4.69) is 18.1 Å². The number of hydrogen-bond donors (Lipinski definition) is 0. The van der Waals surface area contributed by atoms with Crippen LogP contribution in [0, 0.1) is 0 Å². The summed E-state index contributed by atoms with van der Waals surface area (Å²) in [6.07, 6.45) is 2.82. The largest absolute Gasteiger partial charge is 0.493 e. The molecule has 0 saturated carbocycles. The van der Waals surface area contributed by atoms with Crippen LogP contribution in [0.15, 0.2) is 36.3 Å². The van der Waals surface area contributed by atoms with E-state index in [9.17, 15) is 0 Å². The predicted octanol–water partition coefficient (Wildman–Crippen LogP) is 2.35. The zero-order valence-corrected chi connectivity index (χ0v) is 12.1. The third-order valence-electron chi connectivity index (χ3n) is 2.88. The summed E-state index contributed by atoms with van der Waals surface area (Å²) >= 11 is 0. The Morgan fingerprint density at radius 2 is 2.00 bits per heavy atom. The van der Waals surface area contributed by atoms with E-state index in [0.717, 1.165) is 44.8 Å². The van der Waals surface area contributed by atoms with Crippen LogP contribution >= 0.6 is 0 Å². The average molecular weight is 267 g/mol. The maximum Gasteiger partial charge on any atom is 0.160 e. The lowest BCUT2D eigenvalue weighted by Crippen LogP contribution is -2.37. The molecule has 0 unspecified atom stereocenters. The maximum atomic E-state index is 5.71. The van der Waals surface area contributed by atoms with Crippen molar-refractivity contribution in [3.8, 4) is 0 Å². The quantitative estimate of drug-likeness (QED) is 0.384. The minimum Gasteiger partial charge on any atom is -0.493 e. The van der Waals surface area contributed by atoms with Crippen molar-refractivity contribution < 1.29 is 14.2 Å². The number of ether oxygens (including phenoxy) is 3. The summed E-state index contributed by atoms with van der Waals surface area (Å²) < 4.78 is 16.1. The first kappa shape index (κ1) is 15.8. The molecule has 1 fully saturated rings. The number of hydrogen-bond acceptors (Lipinski definition) is 4. The van der Waals surface area contributed by atoms with E-state index in [1.165, 1.54) is 0 Å². The fourth-order valence-electron chi connectivity index (χ4n) is 1.82. The molecule has 1 aliphatic rings. The van der Waals surface area contributed by atoms with Gasteiger partial charge in [0, 0.05) is 19.6 Å². The second kappa shape index (κ2) is 8.77. The van der Waals surface area contributed by atoms with Crippen LogP contribution in [0.4, 0.5) is 0 Å². The zero-order valence-electron chi connectivity index (χ0n) is 12.1. The van der Waals surface area contributed by atoms with Crippen LogP contribution in [0.2, 0.25) is 0 Å². The number of rotatable bonds is 8. The first-order valence-electron chi connectivity index (χ1n) is 6.67. The van der Waals surface area contributed by atoms with Gasteiger partial charge in [0.05, 0.1) is 26.9 Å². The third kappa shape index (κ3) is 6.45. The lowest BCUT2D eigenvalue weighted by molar-refractivity contribution is 0.0342. The van der Waals surface area contributed by atoms with Gasteiger partial charge in [-0.2, -0.15) is 0 Å². The van der Waals surface area contributed by atoms with E-state index >= 15 is 0 Å². The topological polar surface area (TPSA) is 30.9 Å². The molecular formula is C15H25NO3. The van der Waals surface area contributed by atoms with Gasteiger partial charge in [-0.1, -0.05) is 18.7 Å². The van der Waals surface area contributed by atoms with Crippen molar-refractivity contribution in [3.05, 3.63) is 36.3 Å². The fourth-order valence-corrected chi connectivity index (χ4v) is 1.82. The molecule has 0 radical (unpaired) electrons. The van der Waals surface area contributed by atoms with E-state index in [-0.39, 0.29) is 0 Å². The van der Waals surface area contributed by atoms with E-state index in [1.807, 2.05) is 13.0 Å². The minimum absolute atomic E-state index is 0.536. The van der Waals surface area contributed by atoms with Crippen LogP contribution in [0.3, 0.4) is 0 Å². The smallest absolute Gasteiger partial charge is 0.160 e. The van der Waals surface area contributed by atoms with Gasteiger partial charge in [0.1, 0.15) is 0 Å². The summed E-state index contributed by atoms with van der Waals surface area (Å²) in [7, 11) is 1.59. The van der Waals surface area contributed by atoms with Gasteiger partial charge in [0.15, 0.2) is 11.5 Å². The lowest BCUT2D eigenvalue weighted by Gasteiger charge is -2.26. The average Bonchev–Trinajstić information content (AvgIpc) is 2.42. The van der Waals surface area contributed by atoms with Crippen molar-refractivity contribution in [1.29, 1.82) is 0 Å². The Morgan fingerprint density at radius 1 is 1.32 bits per heavy atom. The molecule has 0 spiro atoms. The van der Waals surface area contributed by atoms with Gasteiger partial charge in [0.25, 0.3) is 0 Å². The first-order valence-corrected chi connectivity index (χ1v) is 6.67. The van der Waals surface area contributed by atoms with Crippen LogP contribution in [0.5, 0.6) is 0 Å². The van der Waals surface area contributed by atoms with Crippen LogP contribution < -0.4 is 0 Å². The van der Waals surface area contributed by atoms with Crippen LogP contribution in [0.1, 0.15) is 13.3 Å². The van der Waals surface area contributed by atoms with E-state index < -0.39 is 0 Å². The van der Waals surface area contributed by atoms with Gasteiger partial charge in [0.2, 0.25) is 0 Å². The van der Waals surface area contributed by atoms with Crippen molar-refractivity contribution in [2.24, 2.45) is 0 Å². The minimum atomic E-state index is 0.536. The number of nitrogens with zero attached hydrogens (tertiary/aromatic N) is 1. The SMILES string of the molecule is C=C(C)/C=C(/OCCCN1CCOCC1)C(=C)OC. The van der Waals surface area contributed by atoms with Gasteiger partial charge in [-0.25, -0.2) is 0 Å². The van der Waals surface area contributed by atoms with Crippen molar-refractivity contribution in [2.75, 3.05) is 46.6 Å². The molecule has 1 saturated heterocycles. The van der Waals surface area contributed by atoms with Crippen LogP contribution in [-0.2, 0) is 14.2 Å².